The van der Waals surface area contributed by atoms with Crippen molar-refractivity contribution < 1.29 is 14.6 Å². The number of benzene rings is 1. The SMILES string of the molecule is Cc1ccc(C)c(OC2CCN(C(=O)C3CCCC3O)CC2)c1. The van der Waals surface area contributed by atoms with Crippen LogP contribution in [0, 0.1) is 19.8 Å². The van der Waals surface area contributed by atoms with Crippen LogP contribution in [0.25, 0.3) is 0 Å². The second-order valence-electron chi connectivity index (χ2n) is 7.02. The fraction of sp³-hybridized carbons (Fsp3) is 0.632. The standard InChI is InChI=1S/C19H27NO3/c1-13-6-7-14(2)18(12-13)23-15-8-10-20(11-9-15)19(22)16-4-3-5-17(16)21/h6-7,12,15-17,21H,3-5,8-11H2,1-2H3. The molecule has 1 heterocycles. The summed E-state index contributed by atoms with van der Waals surface area (Å²) in [5.74, 6) is 0.924. The number of nitrogens with zero attached hydrogens (tertiary/aromatic N) is 1. The van der Waals surface area contributed by atoms with Crippen LogP contribution in [0.1, 0.15) is 43.2 Å². The van der Waals surface area contributed by atoms with Crippen molar-refractivity contribution in [2.24, 2.45) is 5.92 Å². The predicted octanol–water partition coefficient (Wildman–Crippen LogP) is 2.83. The number of aliphatic hydroxyl groups excluding tert-OH is 1. The molecule has 2 fully saturated rings. The van der Waals surface area contributed by atoms with Gasteiger partial charge in [-0.2, -0.15) is 0 Å². The Labute approximate surface area is 138 Å². The molecule has 2 unspecified atom stereocenters. The molecule has 1 saturated carbocycles. The molecule has 1 aromatic carbocycles. The summed E-state index contributed by atoms with van der Waals surface area (Å²) in [6.07, 6.45) is 4.02. The summed E-state index contributed by atoms with van der Waals surface area (Å²) < 4.78 is 6.15. The van der Waals surface area contributed by atoms with Gasteiger partial charge in [0, 0.05) is 25.9 Å². The number of ether oxygens (including phenoxy) is 1. The van der Waals surface area contributed by atoms with Crippen LogP contribution in [0.3, 0.4) is 0 Å². The van der Waals surface area contributed by atoms with E-state index in [2.05, 4.69) is 32.0 Å². The van der Waals surface area contributed by atoms with Gasteiger partial charge in [-0.05, 0) is 50.3 Å². The second-order valence-corrected chi connectivity index (χ2v) is 7.02. The fourth-order valence-electron chi connectivity index (χ4n) is 3.67. The third kappa shape index (κ3) is 3.69. The van der Waals surface area contributed by atoms with Crippen molar-refractivity contribution in [1.29, 1.82) is 0 Å². The molecule has 126 valence electrons. The first-order valence-corrected chi connectivity index (χ1v) is 8.75. The molecule has 3 rings (SSSR count). The molecule has 4 nitrogen and oxygen atoms in total. The summed E-state index contributed by atoms with van der Waals surface area (Å²) in [6, 6.07) is 6.27. The largest absolute Gasteiger partial charge is 0.490 e. The summed E-state index contributed by atoms with van der Waals surface area (Å²) in [6.45, 7) is 5.60. The fourth-order valence-corrected chi connectivity index (χ4v) is 3.67. The van der Waals surface area contributed by atoms with Crippen molar-refractivity contribution in [1.82, 2.24) is 4.90 Å². The van der Waals surface area contributed by atoms with Gasteiger partial charge in [-0.15, -0.1) is 0 Å². The maximum atomic E-state index is 12.5. The summed E-state index contributed by atoms with van der Waals surface area (Å²) in [4.78, 5) is 14.4. The molecule has 2 aliphatic rings. The van der Waals surface area contributed by atoms with Crippen molar-refractivity contribution in [2.45, 2.75) is 58.2 Å². The van der Waals surface area contributed by atoms with E-state index >= 15 is 0 Å². The molecular formula is C19H27NO3. The summed E-state index contributed by atoms with van der Waals surface area (Å²) in [5, 5.41) is 9.92. The number of aryl methyl sites for hydroxylation is 2. The average Bonchev–Trinajstić information content (AvgIpc) is 2.97. The van der Waals surface area contributed by atoms with Gasteiger partial charge in [0.25, 0.3) is 0 Å². The highest BCUT2D eigenvalue weighted by Crippen LogP contribution is 2.29. The normalized spacial score (nSPS) is 25.6. The topological polar surface area (TPSA) is 49.8 Å². The predicted molar refractivity (Wildman–Crippen MR) is 89.5 cm³/mol. The van der Waals surface area contributed by atoms with E-state index in [1.165, 1.54) is 5.56 Å². The lowest BCUT2D eigenvalue weighted by Gasteiger charge is -2.34. The summed E-state index contributed by atoms with van der Waals surface area (Å²) in [7, 11) is 0. The van der Waals surface area contributed by atoms with E-state index in [9.17, 15) is 9.90 Å². The Morgan fingerprint density at radius 1 is 1.17 bits per heavy atom. The number of hydrogen-bond acceptors (Lipinski definition) is 3. The Morgan fingerprint density at radius 3 is 2.57 bits per heavy atom. The zero-order valence-electron chi connectivity index (χ0n) is 14.1. The van der Waals surface area contributed by atoms with E-state index in [4.69, 9.17) is 4.74 Å². The van der Waals surface area contributed by atoms with E-state index in [1.54, 1.807) is 0 Å². The Bertz CT molecular complexity index is 564. The van der Waals surface area contributed by atoms with Crippen molar-refractivity contribution in [3.63, 3.8) is 0 Å². The molecule has 1 N–H and O–H groups in total. The molecular weight excluding hydrogens is 290 g/mol. The Kier molecular flexibility index (Phi) is 4.90. The molecule has 1 saturated heterocycles. The van der Waals surface area contributed by atoms with Crippen molar-refractivity contribution in [3.8, 4) is 5.75 Å². The molecule has 0 spiro atoms. The van der Waals surface area contributed by atoms with E-state index in [0.717, 1.165) is 56.5 Å². The maximum Gasteiger partial charge on any atom is 0.228 e. The van der Waals surface area contributed by atoms with Gasteiger partial charge in [0.05, 0.1) is 12.0 Å². The van der Waals surface area contributed by atoms with Gasteiger partial charge < -0.3 is 14.7 Å². The lowest BCUT2D eigenvalue weighted by Crippen LogP contribution is -2.45. The van der Waals surface area contributed by atoms with Gasteiger partial charge in [-0.1, -0.05) is 12.1 Å². The molecule has 1 aliphatic heterocycles. The minimum atomic E-state index is -0.439. The number of hydrogen-bond donors (Lipinski definition) is 1. The third-order valence-electron chi connectivity index (χ3n) is 5.19. The van der Waals surface area contributed by atoms with Gasteiger partial charge in [0.15, 0.2) is 0 Å². The van der Waals surface area contributed by atoms with Gasteiger partial charge >= 0.3 is 0 Å². The highest BCUT2D eigenvalue weighted by atomic mass is 16.5. The number of carbonyl (C=O) groups excluding carboxylic acids is 1. The zero-order valence-corrected chi connectivity index (χ0v) is 14.1. The Balaban J connectivity index is 1.54. The van der Waals surface area contributed by atoms with Crippen LogP contribution < -0.4 is 4.74 Å². The first-order valence-electron chi connectivity index (χ1n) is 8.75. The quantitative estimate of drug-likeness (QED) is 0.932. The van der Waals surface area contributed by atoms with Crippen LogP contribution >= 0.6 is 0 Å². The number of likely N-dealkylation sites (tertiary alicyclic amines) is 1. The number of carbonyl (C=O) groups is 1. The highest BCUT2D eigenvalue weighted by molar-refractivity contribution is 5.79. The monoisotopic (exact) mass is 317 g/mol. The van der Waals surface area contributed by atoms with Crippen LogP contribution in [0.5, 0.6) is 5.75 Å². The number of piperidine rings is 1. The summed E-state index contributed by atoms with van der Waals surface area (Å²) in [5.41, 5.74) is 2.36. The van der Waals surface area contributed by atoms with Crippen molar-refractivity contribution >= 4 is 5.91 Å². The molecule has 1 aliphatic carbocycles. The van der Waals surface area contributed by atoms with Gasteiger partial charge in [-0.3, -0.25) is 4.79 Å². The molecule has 1 amide bonds. The Morgan fingerprint density at radius 2 is 1.91 bits per heavy atom. The average molecular weight is 317 g/mol. The smallest absolute Gasteiger partial charge is 0.228 e. The third-order valence-corrected chi connectivity index (χ3v) is 5.19. The van der Waals surface area contributed by atoms with Gasteiger partial charge in [0.1, 0.15) is 11.9 Å². The first-order chi connectivity index (χ1) is 11.0. The van der Waals surface area contributed by atoms with E-state index in [-0.39, 0.29) is 17.9 Å². The molecule has 2 atom stereocenters. The lowest BCUT2D eigenvalue weighted by atomic mass is 10.0. The molecule has 23 heavy (non-hydrogen) atoms. The molecule has 0 radical (unpaired) electrons. The van der Waals surface area contributed by atoms with Crippen LogP contribution in [-0.2, 0) is 4.79 Å². The van der Waals surface area contributed by atoms with E-state index in [1.807, 2.05) is 4.90 Å². The lowest BCUT2D eigenvalue weighted by molar-refractivity contribution is -0.140. The first kappa shape index (κ1) is 16.3. The van der Waals surface area contributed by atoms with E-state index in [0.29, 0.717) is 0 Å². The number of rotatable bonds is 3. The molecule has 4 heteroatoms. The van der Waals surface area contributed by atoms with Crippen LogP contribution in [-0.4, -0.2) is 41.2 Å². The minimum Gasteiger partial charge on any atom is -0.490 e. The maximum absolute atomic E-state index is 12.5. The zero-order chi connectivity index (χ0) is 16.4. The van der Waals surface area contributed by atoms with Crippen molar-refractivity contribution in [2.75, 3.05) is 13.1 Å². The number of amides is 1. The van der Waals surface area contributed by atoms with E-state index < -0.39 is 6.10 Å². The van der Waals surface area contributed by atoms with Crippen LogP contribution in [0.15, 0.2) is 18.2 Å². The second kappa shape index (κ2) is 6.91. The molecule has 0 bridgehead atoms. The van der Waals surface area contributed by atoms with Crippen LogP contribution in [0.2, 0.25) is 0 Å². The number of aliphatic hydroxyl groups is 1. The Hall–Kier alpha value is -1.55. The van der Waals surface area contributed by atoms with Gasteiger partial charge in [0.2, 0.25) is 5.91 Å². The molecule has 0 aromatic heterocycles. The van der Waals surface area contributed by atoms with Gasteiger partial charge in [-0.25, -0.2) is 0 Å². The van der Waals surface area contributed by atoms with Crippen LogP contribution in [0.4, 0.5) is 0 Å². The molecule has 1 aromatic rings. The highest BCUT2D eigenvalue weighted by Gasteiger charge is 2.35. The summed E-state index contributed by atoms with van der Waals surface area (Å²) >= 11 is 0. The minimum absolute atomic E-state index is 0.139. The van der Waals surface area contributed by atoms with Crippen molar-refractivity contribution in [3.05, 3.63) is 29.3 Å².